The molecule has 7 nitrogen and oxygen atoms in total. The van der Waals surface area contributed by atoms with E-state index in [9.17, 15) is 24.1 Å². The first-order valence-corrected chi connectivity index (χ1v) is 6.25. The summed E-state index contributed by atoms with van der Waals surface area (Å²) in [6.45, 7) is 3.41. The molecular formula is C13H15FN2O5. The number of carbonyl (C=O) groups excluding carboxylic acids is 1. The molecule has 0 unspecified atom stereocenters. The maximum Gasteiger partial charge on any atom is 0.326 e. The summed E-state index contributed by atoms with van der Waals surface area (Å²) >= 11 is 0. The van der Waals surface area contributed by atoms with Crippen molar-refractivity contribution in [1.29, 1.82) is 0 Å². The number of nitrogens with zero attached hydrogens (tertiary/aromatic N) is 1. The largest absolute Gasteiger partial charge is 0.480 e. The van der Waals surface area contributed by atoms with Crippen molar-refractivity contribution in [3.63, 3.8) is 0 Å². The van der Waals surface area contributed by atoms with Gasteiger partial charge in [-0.25, -0.2) is 9.18 Å². The van der Waals surface area contributed by atoms with Gasteiger partial charge in [-0.2, -0.15) is 0 Å². The smallest absolute Gasteiger partial charge is 0.326 e. The van der Waals surface area contributed by atoms with E-state index in [1.807, 2.05) is 0 Å². The van der Waals surface area contributed by atoms with Crippen molar-refractivity contribution in [2.24, 2.45) is 5.92 Å². The first-order chi connectivity index (χ1) is 9.76. The summed E-state index contributed by atoms with van der Waals surface area (Å²) < 4.78 is 13.3. The Morgan fingerprint density at radius 2 is 2.05 bits per heavy atom. The Hall–Kier alpha value is -2.51. The highest BCUT2D eigenvalue weighted by molar-refractivity contribution is 5.97. The molecule has 0 aliphatic rings. The van der Waals surface area contributed by atoms with Crippen molar-refractivity contribution in [3.05, 3.63) is 39.7 Å². The van der Waals surface area contributed by atoms with Crippen LogP contribution in [0.4, 0.5) is 10.1 Å². The number of hydrogen-bond donors (Lipinski definition) is 2. The lowest BCUT2D eigenvalue weighted by atomic mass is 9.99. The van der Waals surface area contributed by atoms with E-state index in [1.54, 1.807) is 13.8 Å². The molecule has 0 aliphatic heterocycles. The molecule has 0 fully saturated rings. The standard InChI is InChI=1S/C13H15FN2O5/c1-3-7(2)11(13(18)19)15-12(17)8-4-9(14)6-10(5-8)16(20)21/h4-7,11H,3H2,1-2H3,(H,15,17)(H,18,19)/t7-,11-/m0/s1. The highest BCUT2D eigenvalue weighted by Gasteiger charge is 2.26. The van der Waals surface area contributed by atoms with E-state index in [2.05, 4.69) is 5.32 Å². The molecule has 0 saturated heterocycles. The summed E-state index contributed by atoms with van der Waals surface area (Å²) in [6, 6.07) is 1.25. The Bertz CT molecular complexity index is 576. The van der Waals surface area contributed by atoms with E-state index in [1.165, 1.54) is 0 Å². The van der Waals surface area contributed by atoms with Gasteiger partial charge in [0.1, 0.15) is 11.9 Å². The van der Waals surface area contributed by atoms with Crippen molar-refractivity contribution in [2.75, 3.05) is 0 Å². The number of aliphatic carboxylic acids is 1. The Kier molecular flexibility index (Phi) is 5.34. The number of carboxylic acid groups (broad SMARTS) is 1. The zero-order chi connectivity index (χ0) is 16.2. The van der Waals surface area contributed by atoms with Crippen LogP contribution < -0.4 is 5.32 Å². The van der Waals surface area contributed by atoms with Crippen LogP contribution in [-0.4, -0.2) is 27.9 Å². The fourth-order valence-electron chi connectivity index (χ4n) is 1.72. The molecule has 2 N–H and O–H groups in total. The van der Waals surface area contributed by atoms with Crippen LogP contribution in [-0.2, 0) is 4.79 Å². The minimum atomic E-state index is -1.22. The lowest BCUT2D eigenvalue weighted by molar-refractivity contribution is -0.385. The summed E-state index contributed by atoms with van der Waals surface area (Å²) in [5, 5.41) is 21.9. The second-order valence-electron chi connectivity index (χ2n) is 4.63. The van der Waals surface area contributed by atoms with Gasteiger partial charge in [0.15, 0.2) is 0 Å². The van der Waals surface area contributed by atoms with Crippen molar-refractivity contribution in [1.82, 2.24) is 5.32 Å². The predicted molar refractivity (Wildman–Crippen MR) is 71.4 cm³/mol. The van der Waals surface area contributed by atoms with E-state index in [0.29, 0.717) is 12.5 Å². The average molecular weight is 298 g/mol. The summed E-state index contributed by atoms with van der Waals surface area (Å²) in [7, 11) is 0. The predicted octanol–water partition coefficient (Wildman–Crippen LogP) is 1.96. The van der Waals surface area contributed by atoms with Crippen LogP contribution >= 0.6 is 0 Å². The van der Waals surface area contributed by atoms with Gasteiger partial charge >= 0.3 is 5.97 Å². The first-order valence-electron chi connectivity index (χ1n) is 6.25. The minimum Gasteiger partial charge on any atom is -0.480 e. The number of carboxylic acids is 1. The summed E-state index contributed by atoms with van der Waals surface area (Å²) in [4.78, 5) is 32.9. The normalized spacial score (nSPS) is 13.3. The van der Waals surface area contributed by atoms with Crippen molar-refractivity contribution in [3.8, 4) is 0 Å². The number of carbonyl (C=O) groups is 2. The van der Waals surface area contributed by atoms with Gasteiger partial charge in [0.05, 0.1) is 11.0 Å². The second-order valence-corrected chi connectivity index (χ2v) is 4.63. The Morgan fingerprint density at radius 1 is 1.43 bits per heavy atom. The van der Waals surface area contributed by atoms with Crippen molar-refractivity contribution < 1.29 is 24.0 Å². The SMILES string of the molecule is CC[C@H](C)[C@H](NC(=O)c1cc(F)cc([N+](=O)[O-])c1)C(=O)O. The number of rotatable bonds is 6. The number of amides is 1. The topological polar surface area (TPSA) is 110 Å². The van der Waals surface area contributed by atoms with Crippen LogP contribution in [0.25, 0.3) is 0 Å². The molecule has 0 spiro atoms. The Labute approximate surface area is 119 Å². The maximum absolute atomic E-state index is 13.3. The highest BCUT2D eigenvalue weighted by atomic mass is 19.1. The molecule has 0 bridgehead atoms. The highest BCUT2D eigenvalue weighted by Crippen LogP contribution is 2.17. The molecule has 1 aromatic carbocycles. The first kappa shape index (κ1) is 16.5. The van der Waals surface area contributed by atoms with E-state index in [0.717, 1.165) is 12.1 Å². The molecule has 0 saturated carbocycles. The van der Waals surface area contributed by atoms with E-state index in [-0.39, 0.29) is 11.5 Å². The van der Waals surface area contributed by atoms with Crippen LogP contribution in [0.15, 0.2) is 18.2 Å². The number of nitro benzene ring substituents is 1. The molecule has 0 heterocycles. The number of nitro groups is 1. The van der Waals surface area contributed by atoms with E-state index < -0.39 is 34.3 Å². The molecule has 0 aromatic heterocycles. The lowest BCUT2D eigenvalue weighted by Crippen LogP contribution is -2.45. The van der Waals surface area contributed by atoms with Crippen LogP contribution in [0.1, 0.15) is 30.6 Å². The number of nitrogens with one attached hydrogen (secondary N) is 1. The molecule has 114 valence electrons. The number of benzene rings is 1. The fourth-order valence-corrected chi connectivity index (χ4v) is 1.72. The summed E-state index contributed by atoms with van der Waals surface area (Å²) in [6.07, 6.45) is 0.514. The number of non-ortho nitro benzene ring substituents is 1. The lowest BCUT2D eigenvalue weighted by Gasteiger charge is -2.20. The quantitative estimate of drug-likeness (QED) is 0.616. The molecule has 8 heteroatoms. The molecule has 2 atom stereocenters. The molecule has 0 radical (unpaired) electrons. The Morgan fingerprint density at radius 3 is 2.52 bits per heavy atom. The summed E-state index contributed by atoms with van der Waals surface area (Å²) in [5.74, 6) is -3.37. The van der Waals surface area contributed by atoms with Crippen molar-refractivity contribution >= 4 is 17.6 Å². The van der Waals surface area contributed by atoms with E-state index >= 15 is 0 Å². The van der Waals surface area contributed by atoms with Gasteiger partial charge in [-0.3, -0.25) is 14.9 Å². The molecule has 0 aliphatic carbocycles. The molecule has 1 amide bonds. The van der Waals surface area contributed by atoms with Gasteiger partial charge in [0.2, 0.25) is 0 Å². The van der Waals surface area contributed by atoms with Crippen LogP contribution in [0.3, 0.4) is 0 Å². The monoisotopic (exact) mass is 298 g/mol. The zero-order valence-corrected chi connectivity index (χ0v) is 11.5. The number of hydrogen-bond acceptors (Lipinski definition) is 4. The maximum atomic E-state index is 13.3. The van der Waals surface area contributed by atoms with Gasteiger partial charge in [0.25, 0.3) is 11.6 Å². The number of halogens is 1. The third-order valence-corrected chi connectivity index (χ3v) is 3.12. The minimum absolute atomic E-state index is 0.295. The third kappa shape index (κ3) is 4.23. The second kappa shape index (κ2) is 6.78. The molecular weight excluding hydrogens is 283 g/mol. The van der Waals surface area contributed by atoms with Gasteiger partial charge in [-0.1, -0.05) is 20.3 Å². The molecule has 21 heavy (non-hydrogen) atoms. The summed E-state index contributed by atoms with van der Waals surface area (Å²) in [5.41, 5.74) is -0.869. The fraction of sp³-hybridized carbons (Fsp3) is 0.385. The van der Waals surface area contributed by atoms with Gasteiger partial charge in [-0.05, 0) is 12.0 Å². The van der Waals surface area contributed by atoms with Gasteiger partial charge in [-0.15, -0.1) is 0 Å². The molecule has 1 rings (SSSR count). The third-order valence-electron chi connectivity index (χ3n) is 3.12. The van der Waals surface area contributed by atoms with Gasteiger partial charge < -0.3 is 10.4 Å². The average Bonchev–Trinajstić information content (AvgIpc) is 2.42. The zero-order valence-electron chi connectivity index (χ0n) is 11.5. The van der Waals surface area contributed by atoms with E-state index in [4.69, 9.17) is 5.11 Å². The van der Waals surface area contributed by atoms with Crippen LogP contribution in [0, 0.1) is 21.8 Å². The van der Waals surface area contributed by atoms with Crippen LogP contribution in [0.2, 0.25) is 0 Å². The van der Waals surface area contributed by atoms with Gasteiger partial charge in [0, 0.05) is 11.6 Å². The molecule has 1 aromatic rings. The van der Waals surface area contributed by atoms with Crippen LogP contribution in [0.5, 0.6) is 0 Å². The van der Waals surface area contributed by atoms with Crippen molar-refractivity contribution in [2.45, 2.75) is 26.3 Å². The Balaban J connectivity index is 3.03.